The molecular formula is C13H15FN2O2. The van der Waals surface area contributed by atoms with Crippen molar-refractivity contribution in [2.75, 3.05) is 19.8 Å². The molecule has 0 aromatic heterocycles. The first kappa shape index (κ1) is 13.0. The monoisotopic (exact) mass is 250 g/mol. The summed E-state index contributed by atoms with van der Waals surface area (Å²) < 4.78 is 18.3. The van der Waals surface area contributed by atoms with Gasteiger partial charge >= 0.3 is 0 Å². The van der Waals surface area contributed by atoms with E-state index < -0.39 is 11.4 Å². The fourth-order valence-electron chi connectivity index (χ4n) is 1.99. The molecule has 1 fully saturated rings. The number of rotatable bonds is 4. The molecule has 2 rings (SSSR count). The topological polar surface area (TPSA) is 65.3 Å². The average Bonchev–Trinajstić information content (AvgIpc) is 2.75. The van der Waals surface area contributed by atoms with Crippen LogP contribution in [0, 0.1) is 17.1 Å². The summed E-state index contributed by atoms with van der Waals surface area (Å²) in [5, 5.41) is 21.8. The summed E-state index contributed by atoms with van der Waals surface area (Å²) in [7, 11) is 0. The van der Waals surface area contributed by atoms with Crippen molar-refractivity contribution in [3.8, 4) is 6.07 Å². The lowest BCUT2D eigenvalue weighted by molar-refractivity contribution is 0.0268. The minimum absolute atomic E-state index is 0.301. The molecule has 0 amide bonds. The van der Waals surface area contributed by atoms with Crippen molar-refractivity contribution in [1.29, 1.82) is 5.26 Å². The number of nitriles is 1. The van der Waals surface area contributed by atoms with E-state index in [0.717, 1.165) is 0 Å². The highest BCUT2D eigenvalue weighted by Gasteiger charge is 2.31. The zero-order valence-corrected chi connectivity index (χ0v) is 9.95. The van der Waals surface area contributed by atoms with Crippen molar-refractivity contribution in [1.82, 2.24) is 5.32 Å². The second kappa shape index (κ2) is 5.44. The van der Waals surface area contributed by atoms with Crippen molar-refractivity contribution in [3.05, 3.63) is 35.1 Å². The van der Waals surface area contributed by atoms with E-state index in [9.17, 15) is 9.50 Å². The number of hydrogen-bond acceptors (Lipinski definition) is 4. The third kappa shape index (κ3) is 3.26. The third-order valence-electron chi connectivity index (χ3n) is 2.95. The van der Waals surface area contributed by atoms with Gasteiger partial charge in [0.1, 0.15) is 11.4 Å². The van der Waals surface area contributed by atoms with Crippen LogP contribution in [0.4, 0.5) is 4.39 Å². The van der Waals surface area contributed by atoms with E-state index in [1.165, 1.54) is 12.1 Å². The molecule has 1 aromatic carbocycles. The van der Waals surface area contributed by atoms with Crippen molar-refractivity contribution in [2.45, 2.75) is 18.6 Å². The average molecular weight is 250 g/mol. The van der Waals surface area contributed by atoms with Crippen LogP contribution in [0.2, 0.25) is 0 Å². The Labute approximate surface area is 105 Å². The lowest BCUT2D eigenvalue weighted by Crippen LogP contribution is -2.40. The smallest absolute Gasteiger partial charge is 0.124 e. The van der Waals surface area contributed by atoms with E-state index in [0.29, 0.717) is 43.9 Å². The summed E-state index contributed by atoms with van der Waals surface area (Å²) >= 11 is 0. The van der Waals surface area contributed by atoms with Crippen LogP contribution in [0.5, 0.6) is 0 Å². The SMILES string of the molecule is N#Cc1cc(F)cc(CNCC2(O)CCOC2)c1. The van der Waals surface area contributed by atoms with Crippen molar-refractivity contribution in [2.24, 2.45) is 0 Å². The van der Waals surface area contributed by atoms with Gasteiger partial charge in [-0.1, -0.05) is 0 Å². The van der Waals surface area contributed by atoms with E-state index in [2.05, 4.69) is 5.32 Å². The summed E-state index contributed by atoms with van der Waals surface area (Å²) in [6.45, 7) is 1.70. The maximum absolute atomic E-state index is 13.2. The number of aliphatic hydroxyl groups is 1. The lowest BCUT2D eigenvalue weighted by atomic mass is 10.0. The molecule has 1 aliphatic heterocycles. The summed E-state index contributed by atoms with van der Waals surface area (Å²) in [6, 6.07) is 6.11. The van der Waals surface area contributed by atoms with Gasteiger partial charge in [-0.15, -0.1) is 0 Å². The molecule has 0 saturated carbocycles. The van der Waals surface area contributed by atoms with E-state index in [-0.39, 0.29) is 0 Å². The van der Waals surface area contributed by atoms with Gasteiger partial charge in [-0.25, -0.2) is 4.39 Å². The maximum Gasteiger partial charge on any atom is 0.124 e. The second-order valence-electron chi connectivity index (χ2n) is 4.59. The Morgan fingerprint density at radius 1 is 1.50 bits per heavy atom. The number of benzene rings is 1. The normalized spacial score (nSPS) is 22.9. The predicted molar refractivity (Wildman–Crippen MR) is 63.2 cm³/mol. The number of nitrogens with zero attached hydrogens (tertiary/aromatic N) is 1. The zero-order valence-electron chi connectivity index (χ0n) is 9.95. The van der Waals surface area contributed by atoms with Gasteiger partial charge in [-0.2, -0.15) is 5.26 Å². The van der Waals surface area contributed by atoms with Gasteiger partial charge in [0, 0.05) is 26.1 Å². The molecule has 1 unspecified atom stereocenters. The molecule has 2 N–H and O–H groups in total. The predicted octanol–water partition coefficient (Wildman–Crippen LogP) is 0.938. The molecule has 0 spiro atoms. The number of nitrogens with one attached hydrogen (secondary N) is 1. The van der Waals surface area contributed by atoms with Crippen LogP contribution in [0.15, 0.2) is 18.2 Å². The van der Waals surface area contributed by atoms with Gasteiger partial charge < -0.3 is 15.2 Å². The highest BCUT2D eigenvalue weighted by Crippen LogP contribution is 2.17. The number of halogens is 1. The minimum atomic E-state index is -0.828. The van der Waals surface area contributed by atoms with Gasteiger partial charge in [-0.05, 0) is 23.8 Å². The number of hydrogen-bond donors (Lipinski definition) is 2. The first-order chi connectivity index (χ1) is 8.61. The summed E-state index contributed by atoms with van der Waals surface area (Å²) in [6.07, 6.45) is 0.604. The Morgan fingerprint density at radius 3 is 3.00 bits per heavy atom. The van der Waals surface area contributed by atoms with E-state index >= 15 is 0 Å². The van der Waals surface area contributed by atoms with Gasteiger partial charge in [0.2, 0.25) is 0 Å². The Kier molecular flexibility index (Phi) is 3.92. The fraction of sp³-hybridized carbons (Fsp3) is 0.462. The molecule has 5 heteroatoms. The van der Waals surface area contributed by atoms with Crippen LogP contribution in [0.1, 0.15) is 17.5 Å². The molecule has 0 bridgehead atoms. The Bertz CT molecular complexity index is 465. The second-order valence-corrected chi connectivity index (χ2v) is 4.59. The Hall–Kier alpha value is -1.48. The summed E-state index contributed by atoms with van der Waals surface area (Å²) in [5.41, 5.74) is 0.162. The third-order valence-corrected chi connectivity index (χ3v) is 2.95. The van der Waals surface area contributed by atoms with Gasteiger partial charge in [0.25, 0.3) is 0 Å². The largest absolute Gasteiger partial charge is 0.386 e. The van der Waals surface area contributed by atoms with Gasteiger partial charge in [0.15, 0.2) is 0 Å². The van der Waals surface area contributed by atoms with E-state index in [1.54, 1.807) is 6.07 Å². The Morgan fingerprint density at radius 2 is 2.33 bits per heavy atom. The standard InChI is InChI=1S/C13H15FN2O2/c14-12-4-10(6-15)3-11(5-12)7-16-8-13(17)1-2-18-9-13/h3-5,16-17H,1-2,7-9H2. The molecule has 0 aliphatic carbocycles. The molecule has 1 saturated heterocycles. The molecule has 1 heterocycles. The van der Waals surface area contributed by atoms with Crippen LogP contribution in [-0.2, 0) is 11.3 Å². The van der Waals surface area contributed by atoms with Crippen LogP contribution < -0.4 is 5.32 Å². The van der Waals surface area contributed by atoms with Crippen molar-refractivity contribution < 1.29 is 14.2 Å². The van der Waals surface area contributed by atoms with Gasteiger partial charge in [-0.3, -0.25) is 0 Å². The van der Waals surface area contributed by atoms with Crippen LogP contribution in [0.25, 0.3) is 0 Å². The lowest BCUT2D eigenvalue weighted by Gasteiger charge is -2.20. The highest BCUT2D eigenvalue weighted by atomic mass is 19.1. The molecule has 18 heavy (non-hydrogen) atoms. The molecular weight excluding hydrogens is 235 g/mol. The molecule has 1 aromatic rings. The summed E-state index contributed by atoms with van der Waals surface area (Å²) in [4.78, 5) is 0. The molecule has 1 aliphatic rings. The fourth-order valence-corrected chi connectivity index (χ4v) is 1.99. The van der Waals surface area contributed by atoms with E-state index in [4.69, 9.17) is 10.00 Å². The van der Waals surface area contributed by atoms with Crippen molar-refractivity contribution >= 4 is 0 Å². The van der Waals surface area contributed by atoms with Crippen LogP contribution >= 0.6 is 0 Å². The first-order valence-corrected chi connectivity index (χ1v) is 5.82. The minimum Gasteiger partial charge on any atom is -0.386 e. The molecule has 1 atom stereocenters. The Balaban J connectivity index is 1.90. The summed E-state index contributed by atoms with van der Waals surface area (Å²) in [5.74, 6) is -0.422. The quantitative estimate of drug-likeness (QED) is 0.834. The van der Waals surface area contributed by atoms with Gasteiger partial charge in [0.05, 0.1) is 18.2 Å². The highest BCUT2D eigenvalue weighted by molar-refractivity contribution is 5.33. The first-order valence-electron chi connectivity index (χ1n) is 5.82. The van der Waals surface area contributed by atoms with Crippen molar-refractivity contribution in [3.63, 3.8) is 0 Å². The maximum atomic E-state index is 13.2. The molecule has 0 radical (unpaired) electrons. The number of ether oxygens (including phenoxy) is 1. The zero-order chi connectivity index (χ0) is 13.0. The van der Waals surface area contributed by atoms with Crippen LogP contribution in [-0.4, -0.2) is 30.5 Å². The van der Waals surface area contributed by atoms with Crippen LogP contribution in [0.3, 0.4) is 0 Å². The van der Waals surface area contributed by atoms with E-state index in [1.807, 2.05) is 6.07 Å². The molecule has 96 valence electrons. The molecule has 4 nitrogen and oxygen atoms in total.